The molecule has 0 aliphatic carbocycles. The van der Waals surface area contributed by atoms with Crippen LogP contribution in [0.2, 0.25) is 0 Å². The molecule has 2 nitrogen and oxygen atoms in total. The summed E-state index contributed by atoms with van der Waals surface area (Å²) in [6.45, 7) is 1.37. The summed E-state index contributed by atoms with van der Waals surface area (Å²) in [5, 5.41) is 0. The topological polar surface area (TPSA) is 12.5 Å². The Kier molecular flexibility index (Phi) is 4.35. The molecular formula is C10H13BrFNO. The van der Waals surface area contributed by atoms with Gasteiger partial charge >= 0.3 is 0 Å². The van der Waals surface area contributed by atoms with Gasteiger partial charge in [0.05, 0.1) is 0 Å². The number of rotatable bonds is 4. The van der Waals surface area contributed by atoms with Crippen molar-refractivity contribution in [3.05, 3.63) is 28.5 Å². The molecule has 0 bridgehead atoms. The zero-order valence-corrected chi connectivity index (χ0v) is 9.84. The first-order valence-electron chi connectivity index (χ1n) is 4.31. The van der Waals surface area contributed by atoms with E-state index in [-0.39, 0.29) is 5.82 Å². The highest BCUT2D eigenvalue weighted by molar-refractivity contribution is 9.10. The first-order chi connectivity index (χ1) is 6.58. The lowest BCUT2D eigenvalue weighted by atomic mass is 10.3. The smallest absolute Gasteiger partial charge is 0.128 e. The van der Waals surface area contributed by atoms with Crippen LogP contribution in [0.3, 0.4) is 0 Å². The van der Waals surface area contributed by atoms with Crippen LogP contribution < -0.4 is 4.74 Å². The van der Waals surface area contributed by atoms with Gasteiger partial charge in [0, 0.05) is 17.1 Å². The molecule has 78 valence electrons. The molecule has 0 aliphatic heterocycles. The number of hydrogen-bond donors (Lipinski definition) is 0. The van der Waals surface area contributed by atoms with Gasteiger partial charge in [0.2, 0.25) is 0 Å². The van der Waals surface area contributed by atoms with E-state index in [0.717, 1.165) is 6.54 Å². The fourth-order valence-electron chi connectivity index (χ4n) is 0.958. The maximum Gasteiger partial charge on any atom is 0.128 e. The SMILES string of the molecule is CN(C)CCOc1cc(F)cc(Br)c1. The predicted octanol–water partition coefficient (Wildman–Crippen LogP) is 2.53. The van der Waals surface area contributed by atoms with Crippen molar-refractivity contribution in [2.24, 2.45) is 0 Å². The van der Waals surface area contributed by atoms with Crippen molar-refractivity contribution in [1.82, 2.24) is 4.90 Å². The highest BCUT2D eigenvalue weighted by Gasteiger charge is 1.99. The Hall–Kier alpha value is -0.610. The molecule has 0 N–H and O–H groups in total. The molecular weight excluding hydrogens is 249 g/mol. The minimum atomic E-state index is -0.292. The second-order valence-corrected chi connectivity index (χ2v) is 4.17. The zero-order valence-electron chi connectivity index (χ0n) is 8.26. The van der Waals surface area contributed by atoms with Crippen LogP contribution in [0.4, 0.5) is 4.39 Å². The van der Waals surface area contributed by atoms with E-state index in [9.17, 15) is 4.39 Å². The van der Waals surface area contributed by atoms with Crippen LogP contribution in [0.25, 0.3) is 0 Å². The molecule has 0 aliphatic rings. The highest BCUT2D eigenvalue weighted by Crippen LogP contribution is 2.20. The van der Waals surface area contributed by atoms with Gasteiger partial charge in [0.15, 0.2) is 0 Å². The number of nitrogens with zero attached hydrogens (tertiary/aromatic N) is 1. The molecule has 14 heavy (non-hydrogen) atoms. The Morgan fingerprint density at radius 3 is 2.64 bits per heavy atom. The highest BCUT2D eigenvalue weighted by atomic mass is 79.9. The standard InChI is InChI=1S/C10H13BrFNO/c1-13(2)3-4-14-10-6-8(11)5-9(12)7-10/h5-7H,3-4H2,1-2H3. The van der Waals surface area contributed by atoms with Crippen LogP contribution >= 0.6 is 15.9 Å². The van der Waals surface area contributed by atoms with Crippen LogP contribution in [-0.4, -0.2) is 32.1 Å². The molecule has 0 saturated carbocycles. The third kappa shape index (κ3) is 4.07. The van der Waals surface area contributed by atoms with Gasteiger partial charge in [-0.2, -0.15) is 0 Å². The number of halogens is 2. The lowest BCUT2D eigenvalue weighted by molar-refractivity contribution is 0.260. The van der Waals surface area contributed by atoms with Crippen molar-refractivity contribution < 1.29 is 9.13 Å². The molecule has 0 radical (unpaired) electrons. The monoisotopic (exact) mass is 261 g/mol. The fourth-order valence-corrected chi connectivity index (χ4v) is 1.40. The van der Waals surface area contributed by atoms with Gasteiger partial charge in [-0.15, -0.1) is 0 Å². The van der Waals surface area contributed by atoms with Gasteiger partial charge in [-0.05, 0) is 26.2 Å². The minimum absolute atomic E-state index is 0.292. The molecule has 4 heteroatoms. The van der Waals surface area contributed by atoms with E-state index in [1.807, 2.05) is 19.0 Å². The average Bonchev–Trinajstić information content (AvgIpc) is 2.01. The van der Waals surface area contributed by atoms with E-state index in [1.54, 1.807) is 6.07 Å². The van der Waals surface area contributed by atoms with Crippen molar-refractivity contribution in [1.29, 1.82) is 0 Å². The van der Waals surface area contributed by atoms with Crippen molar-refractivity contribution in [3.63, 3.8) is 0 Å². The number of hydrogen-bond acceptors (Lipinski definition) is 2. The Morgan fingerprint density at radius 2 is 2.07 bits per heavy atom. The molecule has 1 rings (SSSR count). The quantitative estimate of drug-likeness (QED) is 0.826. The fraction of sp³-hybridized carbons (Fsp3) is 0.400. The minimum Gasteiger partial charge on any atom is -0.492 e. The van der Waals surface area contributed by atoms with Crippen LogP contribution in [0.5, 0.6) is 5.75 Å². The average molecular weight is 262 g/mol. The summed E-state index contributed by atoms with van der Waals surface area (Å²) in [6.07, 6.45) is 0. The Labute approximate surface area is 91.8 Å². The summed E-state index contributed by atoms with van der Waals surface area (Å²) in [5.41, 5.74) is 0. The van der Waals surface area contributed by atoms with Gasteiger partial charge in [-0.25, -0.2) is 4.39 Å². The van der Waals surface area contributed by atoms with E-state index in [0.29, 0.717) is 16.8 Å². The number of likely N-dealkylation sites (N-methyl/N-ethyl adjacent to an activating group) is 1. The molecule has 0 heterocycles. The molecule has 0 fully saturated rings. The summed E-state index contributed by atoms with van der Waals surface area (Å²) in [6, 6.07) is 4.53. The zero-order chi connectivity index (χ0) is 10.6. The normalized spacial score (nSPS) is 10.6. The second-order valence-electron chi connectivity index (χ2n) is 3.26. The third-order valence-electron chi connectivity index (χ3n) is 1.64. The summed E-state index contributed by atoms with van der Waals surface area (Å²) < 4.78 is 19.0. The van der Waals surface area contributed by atoms with E-state index in [4.69, 9.17) is 4.74 Å². The molecule has 0 saturated heterocycles. The largest absolute Gasteiger partial charge is 0.492 e. The van der Waals surface area contributed by atoms with Gasteiger partial charge in [-0.3, -0.25) is 0 Å². The van der Waals surface area contributed by atoms with Crippen LogP contribution in [0.1, 0.15) is 0 Å². The van der Waals surface area contributed by atoms with Crippen LogP contribution in [0.15, 0.2) is 22.7 Å². The van der Waals surface area contributed by atoms with E-state index >= 15 is 0 Å². The first kappa shape index (κ1) is 11.5. The van der Waals surface area contributed by atoms with Crippen LogP contribution in [-0.2, 0) is 0 Å². The number of ether oxygens (including phenoxy) is 1. The van der Waals surface area contributed by atoms with Gasteiger partial charge in [-0.1, -0.05) is 15.9 Å². The van der Waals surface area contributed by atoms with E-state index < -0.39 is 0 Å². The maximum atomic E-state index is 12.9. The first-order valence-corrected chi connectivity index (χ1v) is 5.11. The van der Waals surface area contributed by atoms with Crippen molar-refractivity contribution in [2.45, 2.75) is 0 Å². The van der Waals surface area contributed by atoms with Crippen molar-refractivity contribution in [2.75, 3.05) is 27.2 Å². The summed E-state index contributed by atoms with van der Waals surface area (Å²) in [4.78, 5) is 2.01. The van der Waals surface area contributed by atoms with Crippen LogP contribution in [0, 0.1) is 5.82 Å². The lowest BCUT2D eigenvalue weighted by Gasteiger charge is -2.11. The van der Waals surface area contributed by atoms with Gasteiger partial charge in [0.1, 0.15) is 18.2 Å². The maximum absolute atomic E-state index is 12.9. The Bertz CT molecular complexity index is 284. The second kappa shape index (κ2) is 5.32. The predicted molar refractivity (Wildman–Crippen MR) is 58.1 cm³/mol. The molecule has 1 aromatic carbocycles. The Balaban J connectivity index is 2.50. The van der Waals surface area contributed by atoms with Crippen molar-refractivity contribution in [3.8, 4) is 5.75 Å². The number of benzene rings is 1. The summed E-state index contributed by atoms with van der Waals surface area (Å²) in [5.74, 6) is 0.262. The molecule has 0 amide bonds. The molecule has 0 aromatic heterocycles. The lowest BCUT2D eigenvalue weighted by Crippen LogP contribution is -2.19. The molecule has 0 atom stereocenters. The summed E-state index contributed by atoms with van der Waals surface area (Å²) in [7, 11) is 3.93. The molecule has 0 unspecified atom stereocenters. The van der Waals surface area contributed by atoms with Gasteiger partial charge in [0.25, 0.3) is 0 Å². The van der Waals surface area contributed by atoms with Gasteiger partial charge < -0.3 is 9.64 Å². The third-order valence-corrected chi connectivity index (χ3v) is 2.10. The Morgan fingerprint density at radius 1 is 1.36 bits per heavy atom. The van der Waals surface area contributed by atoms with E-state index in [1.165, 1.54) is 12.1 Å². The molecule has 0 spiro atoms. The van der Waals surface area contributed by atoms with E-state index in [2.05, 4.69) is 15.9 Å². The molecule has 1 aromatic rings. The summed E-state index contributed by atoms with van der Waals surface area (Å²) >= 11 is 3.20. The van der Waals surface area contributed by atoms with Crippen molar-refractivity contribution >= 4 is 15.9 Å².